The van der Waals surface area contributed by atoms with Crippen molar-refractivity contribution >= 4 is 11.8 Å². The zero-order valence-corrected chi connectivity index (χ0v) is 19.6. The van der Waals surface area contributed by atoms with E-state index in [2.05, 4.69) is 19.1 Å². The summed E-state index contributed by atoms with van der Waals surface area (Å²) in [6.45, 7) is 3.63. The van der Waals surface area contributed by atoms with Crippen molar-refractivity contribution in [1.82, 2.24) is 4.90 Å². The molecule has 1 heterocycles. The highest BCUT2D eigenvalue weighted by molar-refractivity contribution is 6.21. The maximum atomic E-state index is 12.5. The topological polar surface area (TPSA) is 55.8 Å². The summed E-state index contributed by atoms with van der Waals surface area (Å²) >= 11 is 0. The number of hydrogen-bond donors (Lipinski definition) is 0. The molecule has 176 valence electrons. The molecule has 0 aliphatic carbocycles. The second kappa shape index (κ2) is 11.6. The molecule has 0 N–H and O–H groups in total. The van der Waals surface area contributed by atoms with Crippen LogP contribution < -0.4 is 4.74 Å². The van der Waals surface area contributed by atoms with Crippen LogP contribution in [0.2, 0.25) is 0 Å². The van der Waals surface area contributed by atoms with Crippen molar-refractivity contribution < 1.29 is 19.1 Å². The first-order valence-corrected chi connectivity index (χ1v) is 12.0. The van der Waals surface area contributed by atoms with Crippen molar-refractivity contribution in [3.05, 3.63) is 101 Å². The fourth-order valence-electron chi connectivity index (χ4n) is 4.19. The minimum Gasteiger partial charge on any atom is -0.491 e. The van der Waals surface area contributed by atoms with Crippen LogP contribution in [0.25, 0.3) is 0 Å². The highest BCUT2D eigenvalue weighted by Crippen LogP contribution is 2.23. The van der Waals surface area contributed by atoms with E-state index >= 15 is 0 Å². The minimum atomic E-state index is -0.199. The summed E-state index contributed by atoms with van der Waals surface area (Å²) in [6, 6.07) is 25.2. The highest BCUT2D eigenvalue weighted by atomic mass is 16.5. The molecule has 0 saturated carbocycles. The van der Waals surface area contributed by atoms with Gasteiger partial charge in [-0.25, -0.2) is 0 Å². The third kappa shape index (κ3) is 5.91. The molecule has 1 atom stereocenters. The van der Waals surface area contributed by atoms with E-state index in [1.807, 2.05) is 42.5 Å². The first kappa shape index (κ1) is 23.7. The molecule has 1 aliphatic heterocycles. The number of carbonyl (C=O) groups is 2. The third-order valence-corrected chi connectivity index (χ3v) is 6.00. The summed E-state index contributed by atoms with van der Waals surface area (Å²) in [6.07, 6.45) is 3.46. The van der Waals surface area contributed by atoms with Gasteiger partial charge in [-0.2, -0.15) is 0 Å². The Morgan fingerprint density at radius 2 is 1.50 bits per heavy atom. The zero-order chi connectivity index (χ0) is 23.8. The maximum absolute atomic E-state index is 12.5. The normalized spacial score (nSPS) is 13.7. The van der Waals surface area contributed by atoms with E-state index in [1.54, 1.807) is 24.3 Å². The zero-order valence-electron chi connectivity index (χ0n) is 19.6. The summed E-state index contributed by atoms with van der Waals surface area (Å²) < 4.78 is 12.2. The lowest BCUT2D eigenvalue weighted by Gasteiger charge is -2.18. The lowest BCUT2D eigenvalue weighted by atomic mass is 10.1. The van der Waals surface area contributed by atoms with E-state index in [0.717, 1.165) is 36.1 Å². The van der Waals surface area contributed by atoms with E-state index in [9.17, 15) is 9.59 Å². The Morgan fingerprint density at radius 3 is 2.21 bits per heavy atom. The Morgan fingerprint density at radius 1 is 0.824 bits per heavy atom. The number of fused-ring (bicyclic) bond motifs is 1. The predicted molar refractivity (Wildman–Crippen MR) is 132 cm³/mol. The predicted octanol–water partition coefficient (Wildman–Crippen LogP) is 5.68. The maximum Gasteiger partial charge on any atom is 0.261 e. The molecule has 0 bridgehead atoms. The van der Waals surface area contributed by atoms with Gasteiger partial charge in [0.15, 0.2) is 0 Å². The van der Waals surface area contributed by atoms with Crippen molar-refractivity contribution in [2.75, 3.05) is 13.2 Å². The SMILES string of the molecule is CCCC(COc1cccc(CCCN2C(=O)c3ccccc3C2=O)c1)OCc1ccccc1. The van der Waals surface area contributed by atoms with Gasteiger partial charge >= 0.3 is 0 Å². The van der Waals surface area contributed by atoms with E-state index in [0.29, 0.717) is 37.3 Å². The Hall–Kier alpha value is -3.44. The molecule has 5 heteroatoms. The van der Waals surface area contributed by atoms with E-state index in [-0.39, 0.29) is 17.9 Å². The van der Waals surface area contributed by atoms with Crippen LogP contribution >= 0.6 is 0 Å². The van der Waals surface area contributed by atoms with Crippen LogP contribution in [0.3, 0.4) is 0 Å². The van der Waals surface area contributed by atoms with Gasteiger partial charge < -0.3 is 9.47 Å². The molecule has 0 fully saturated rings. The van der Waals surface area contributed by atoms with Gasteiger partial charge in [0.1, 0.15) is 12.4 Å². The first-order valence-electron chi connectivity index (χ1n) is 12.0. The van der Waals surface area contributed by atoms with Gasteiger partial charge in [0.05, 0.1) is 23.8 Å². The molecular formula is C29H31NO4. The summed E-state index contributed by atoms with van der Waals surface area (Å²) in [5.74, 6) is 0.410. The average molecular weight is 458 g/mol. The molecule has 2 amide bonds. The Labute approximate surface area is 201 Å². The number of hydrogen-bond acceptors (Lipinski definition) is 4. The van der Waals surface area contributed by atoms with Gasteiger partial charge in [-0.15, -0.1) is 0 Å². The van der Waals surface area contributed by atoms with E-state index < -0.39 is 0 Å². The first-order chi connectivity index (χ1) is 16.7. The van der Waals surface area contributed by atoms with E-state index in [4.69, 9.17) is 9.47 Å². The number of carbonyl (C=O) groups excluding carboxylic acids is 2. The number of amides is 2. The molecule has 3 aromatic rings. The summed E-state index contributed by atoms with van der Waals surface area (Å²) in [5, 5.41) is 0. The second-order valence-corrected chi connectivity index (χ2v) is 8.58. The van der Waals surface area contributed by atoms with Crippen LogP contribution in [0.15, 0.2) is 78.9 Å². The molecule has 0 aromatic heterocycles. The van der Waals surface area contributed by atoms with Crippen LogP contribution in [0.4, 0.5) is 0 Å². The van der Waals surface area contributed by atoms with Gasteiger partial charge in [0.2, 0.25) is 0 Å². The van der Waals surface area contributed by atoms with Crippen LogP contribution in [-0.4, -0.2) is 36.0 Å². The van der Waals surface area contributed by atoms with E-state index in [1.165, 1.54) is 4.90 Å². The molecular weight excluding hydrogens is 426 g/mol. The second-order valence-electron chi connectivity index (χ2n) is 8.58. The molecule has 0 spiro atoms. The van der Waals surface area contributed by atoms with Crippen molar-refractivity contribution in [2.24, 2.45) is 0 Å². The number of benzene rings is 3. The van der Waals surface area contributed by atoms with Gasteiger partial charge in [-0.05, 0) is 54.7 Å². The Bertz CT molecular complexity index is 1080. The number of aryl methyl sites for hydroxylation is 1. The third-order valence-electron chi connectivity index (χ3n) is 6.00. The van der Waals surface area contributed by atoms with Gasteiger partial charge in [-0.1, -0.05) is 67.9 Å². The van der Waals surface area contributed by atoms with Gasteiger partial charge in [0, 0.05) is 6.54 Å². The molecule has 1 unspecified atom stereocenters. The van der Waals surface area contributed by atoms with Crippen LogP contribution in [-0.2, 0) is 17.8 Å². The molecule has 3 aromatic carbocycles. The van der Waals surface area contributed by atoms with Crippen LogP contribution in [0, 0.1) is 0 Å². The molecule has 4 rings (SSSR count). The molecule has 34 heavy (non-hydrogen) atoms. The fourth-order valence-corrected chi connectivity index (χ4v) is 4.19. The number of nitrogens with zero attached hydrogens (tertiary/aromatic N) is 1. The van der Waals surface area contributed by atoms with Crippen molar-refractivity contribution in [1.29, 1.82) is 0 Å². The highest BCUT2D eigenvalue weighted by Gasteiger charge is 2.34. The quantitative estimate of drug-likeness (QED) is 0.328. The van der Waals surface area contributed by atoms with Crippen LogP contribution in [0.5, 0.6) is 5.75 Å². The molecule has 0 radical (unpaired) electrons. The Kier molecular flexibility index (Phi) is 8.10. The fraction of sp³-hybridized carbons (Fsp3) is 0.310. The summed E-state index contributed by atoms with van der Waals surface area (Å²) in [7, 11) is 0. The Balaban J connectivity index is 1.26. The molecule has 0 saturated heterocycles. The van der Waals surface area contributed by atoms with Crippen LogP contribution in [0.1, 0.15) is 58.0 Å². The van der Waals surface area contributed by atoms with Gasteiger partial charge in [-0.3, -0.25) is 14.5 Å². The lowest BCUT2D eigenvalue weighted by molar-refractivity contribution is 0.00421. The lowest BCUT2D eigenvalue weighted by Crippen LogP contribution is -2.30. The van der Waals surface area contributed by atoms with Crippen molar-refractivity contribution in [2.45, 2.75) is 45.3 Å². The van der Waals surface area contributed by atoms with Gasteiger partial charge in [0.25, 0.3) is 11.8 Å². The molecule has 1 aliphatic rings. The number of ether oxygens (including phenoxy) is 2. The average Bonchev–Trinajstić information content (AvgIpc) is 3.11. The summed E-state index contributed by atoms with van der Waals surface area (Å²) in [4.78, 5) is 26.4. The smallest absolute Gasteiger partial charge is 0.261 e. The van der Waals surface area contributed by atoms with Crippen molar-refractivity contribution in [3.63, 3.8) is 0 Å². The number of imide groups is 1. The van der Waals surface area contributed by atoms with Crippen molar-refractivity contribution in [3.8, 4) is 5.75 Å². The largest absolute Gasteiger partial charge is 0.491 e. The standard InChI is InChI=1S/C29H31NO4/c1-2-10-25(33-20-23-11-4-3-5-12-23)21-34-24-15-8-13-22(19-24)14-9-18-30-28(31)26-16-6-7-17-27(26)29(30)32/h3-8,11-13,15-17,19,25H,2,9-10,14,18,20-21H2,1H3. The number of rotatable bonds is 12. The minimum absolute atomic E-state index is 0.0303. The molecule has 5 nitrogen and oxygen atoms in total. The monoisotopic (exact) mass is 457 g/mol. The summed E-state index contributed by atoms with van der Waals surface area (Å²) in [5.41, 5.74) is 3.27.